The molecular formula is C19H15BrO3. The van der Waals surface area contributed by atoms with Crippen LogP contribution in [0.25, 0.3) is 10.8 Å². The third kappa shape index (κ3) is 2.70. The van der Waals surface area contributed by atoms with Crippen molar-refractivity contribution in [3.05, 3.63) is 70.2 Å². The highest BCUT2D eigenvalue weighted by atomic mass is 79.9. The van der Waals surface area contributed by atoms with Crippen molar-refractivity contribution in [2.24, 2.45) is 0 Å². The molecule has 3 nitrogen and oxygen atoms in total. The van der Waals surface area contributed by atoms with Gasteiger partial charge in [-0.3, -0.25) is 4.79 Å². The highest BCUT2D eigenvalue weighted by Gasteiger charge is 2.21. The Kier molecular flexibility index (Phi) is 4.35. The highest BCUT2D eigenvalue weighted by Crippen LogP contribution is 2.38. The van der Waals surface area contributed by atoms with Crippen LogP contribution in [0.5, 0.6) is 11.5 Å². The quantitative estimate of drug-likeness (QED) is 0.615. The summed E-state index contributed by atoms with van der Waals surface area (Å²) in [7, 11) is 3.17. The van der Waals surface area contributed by atoms with Gasteiger partial charge in [0.15, 0.2) is 5.78 Å². The van der Waals surface area contributed by atoms with Crippen LogP contribution < -0.4 is 9.47 Å². The van der Waals surface area contributed by atoms with Crippen molar-refractivity contribution < 1.29 is 14.3 Å². The molecule has 0 heterocycles. The Morgan fingerprint density at radius 1 is 0.870 bits per heavy atom. The second-order valence-corrected chi connectivity index (χ2v) is 5.87. The average Bonchev–Trinajstić information content (AvgIpc) is 2.60. The first kappa shape index (κ1) is 15.6. The van der Waals surface area contributed by atoms with Gasteiger partial charge in [0.2, 0.25) is 0 Å². The zero-order valence-corrected chi connectivity index (χ0v) is 14.4. The number of halogens is 1. The molecule has 0 bridgehead atoms. The number of methoxy groups -OCH3 is 2. The number of carbonyl (C=O) groups is 1. The van der Waals surface area contributed by atoms with Gasteiger partial charge in [-0.15, -0.1) is 0 Å². The Bertz CT molecular complexity index is 887. The summed E-state index contributed by atoms with van der Waals surface area (Å²) in [5, 5.41) is 1.76. The minimum atomic E-state index is -0.113. The van der Waals surface area contributed by atoms with E-state index >= 15 is 0 Å². The van der Waals surface area contributed by atoms with Crippen LogP contribution in [0, 0.1) is 0 Å². The molecule has 0 aliphatic carbocycles. The molecule has 0 aliphatic heterocycles. The van der Waals surface area contributed by atoms with Crippen LogP contribution in [-0.2, 0) is 0 Å². The molecule has 0 aliphatic rings. The van der Waals surface area contributed by atoms with Crippen LogP contribution in [-0.4, -0.2) is 20.0 Å². The normalized spacial score (nSPS) is 10.6. The molecule has 3 aromatic rings. The number of carbonyl (C=O) groups excluding carboxylic acids is 1. The van der Waals surface area contributed by atoms with Crippen LogP contribution in [0.4, 0.5) is 0 Å². The molecule has 23 heavy (non-hydrogen) atoms. The van der Waals surface area contributed by atoms with Gasteiger partial charge >= 0.3 is 0 Å². The summed E-state index contributed by atoms with van der Waals surface area (Å²) in [6.45, 7) is 0. The molecule has 3 rings (SSSR count). The van der Waals surface area contributed by atoms with Gasteiger partial charge in [-0.2, -0.15) is 0 Å². The Morgan fingerprint density at radius 3 is 2.17 bits per heavy atom. The van der Waals surface area contributed by atoms with Crippen LogP contribution in [0.2, 0.25) is 0 Å². The summed E-state index contributed by atoms with van der Waals surface area (Å²) in [5.41, 5.74) is 1.07. The minimum Gasteiger partial charge on any atom is -0.496 e. The van der Waals surface area contributed by atoms with Crippen molar-refractivity contribution in [3.63, 3.8) is 0 Å². The van der Waals surface area contributed by atoms with Crippen molar-refractivity contribution in [1.29, 1.82) is 0 Å². The van der Waals surface area contributed by atoms with Gasteiger partial charge in [-0.1, -0.05) is 52.3 Å². The van der Waals surface area contributed by atoms with Crippen molar-refractivity contribution >= 4 is 32.5 Å². The van der Waals surface area contributed by atoms with E-state index < -0.39 is 0 Å². The Morgan fingerprint density at radius 2 is 1.52 bits per heavy atom. The molecular weight excluding hydrogens is 356 g/mol. The summed E-state index contributed by atoms with van der Waals surface area (Å²) >= 11 is 3.43. The fraction of sp³-hybridized carbons (Fsp3) is 0.105. The number of benzene rings is 3. The van der Waals surface area contributed by atoms with Crippen molar-refractivity contribution in [1.82, 2.24) is 0 Å². The maximum Gasteiger partial charge on any atom is 0.198 e. The van der Waals surface area contributed by atoms with Gasteiger partial charge in [0.1, 0.15) is 11.5 Å². The Labute approximate surface area is 143 Å². The predicted molar refractivity (Wildman–Crippen MR) is 94.6 cm³/mol. The first-order chi connectivity index (χ1) is 11.2. The monoisotopic (exact) mass is 370 g/mol. The van der Waals surface area contributed by atoms with Crippen LogP contribution in [0.3, 0.4) is 0 Å². The van der Waals surface area contributed by atoms with Crippen LogP contribution in [0.1, 0.15) is 15.9 Å². The molecule has 0 spiro atoms. The fourth-order valence-corrected chi connectivity index (χ4v) is 3.13. The lowest BCUT2D eigenvalue weighted by Crippen LogP contribution is -2.06. The van der Waals surface area contributed by atoms with E-state index in [1.54, 1.807) is 26.4 Å². The molecule has 0 unspecified atom stereocenters. The molecule has 0 amide bonds. The molecule has 0 radical (unpaired) electrons. The summed E-state index contributed by atoms with van der Waals surface area (Å²) < 4.78 is 11.8. The van der Waals surface area contributed by atoms with Crippen molar-refractivity contribution in [3.8, 4) is 11.5 Å². The van der Waals surface area contributed by atoms with Crippen LogP contribution in [0.15, 0.2) is 59.1 Å². The average molecular weight is 371 g/mol. The predicted octanol–water partition coefficient (Wildman–Crippen LogP) is 4.85. The first-order valence-electron chi connectivity index (χ1n) is 7.10. The summed E-state index contributed by atoms with van der Waals surface area (Å²) in [4.78, 5) is 13.0. The summed E-state index contributed by atoms with van der Waals surface area (Å²) in [6.07, 6.45) is 0. The lowest BCUT2D eigenvalue weighted by atomic mass is 9.97. The van der Waals surface area contributed by atoms with Gasteiger partial charge in [0.05, 0.1) is 19.8 Å². The van der Waals surface area contributed by atoms with E-state index in [1.165, 1.54) is 0 Å². The molecule has 116 valence electrons. The van der Waals surface area contributed by atoms with E-state index in [4.69, 9.17) is 9.47 Å². The molecule has 0 fully saturated rings. The van der Waals surface area contributed by atoms with E-state index in [-0.39, 0.29) is 5.78 Å². The molecule has 0 saturated carbocycles. The molecule has 4 heteroatoms. The number of fused-ring (bicyclic) bond motifs is 1. The zero-order chi connectivity index (χ0) is 16.4. The number of ether oxygens (including phenoxy) is 2. The third-order valence-corrected chi connectivity index (χ3v) is 4.44. The second-order valence-electron chi connectivity index (χ2n) is 5.01. The number of rotatable bonds is 4. The van der Waals surface area contributed by atoms with E-state index in [1.807, 2.05) is 42.5 Å². The molecule has 3 aromatic carbocycles. The molecule has 0 aromatic heterocycles. The minimum absolute atomic E-state index is 0.113. The van der Waals surface area contributed by atoms with Gasteiger partial charge in [-0.25, -0.2) is 0 Å². The van der Waals surface area contributed by atoms with E-state index in [2.05, 4.69) is 15.9 Å². The lowest BCUT2D eigenvalue weighted by Gasteiger charge is -2.15. The van der Waals surface area contributed by atoms with Gasteiger partial charge in [-0.05, 0) is 18.2 Å². The Balaban J connectivity index is 2.29. The van der Waals surface area contributed by atoms with E-state index in [0.29, 0.717) is 22.6 Å². The molecule has 0 saturated heterocycles. The number of ketones is 1. The highest BCUT2D eigenvalue weighted by molar-refractivity contribution is 9.10. The topological polar surface area (TPSA) is 35.5 Å². The van der Waals surface area contributed by atoms with Gasteiger partial charge in [0.25, 0.3) is 0 Å². The summed E-state index contributed by atoms with van der Waals surface area (Å²) in [5.74, 6) is 1.09. The lowest BCUT2D eigenvalue weighted by molar-refractivity contribution is 0.103. The fourth-order valence-electron chi connectivity index (χ4n) is 2.66. The standard InChI is InChI=1S/C19H15BrO3/c1-22-17-11-15(18(21)14-9-5-6-10-16(14)20)19(23-2)13-8-4-3-7-12(13)17/h3-11H,1-2H3. The van der Waals surface area contributed by atoms with Crippen molar-refractivity contribution in [2.75, 3.05) is 14.2 Å². The van der Waals surface area contributed by atoms with Gasteiger partial charge in [0, 0.05) is 20.8 Å². The third-order valence-electron chi connectivity index (χ3n) is 3.74. The zero-order valence-electron chi connectivity index (χ0n) is 12.8. The van der Waals surface area contributed by atoms with E-state index in [0.717, 1.165) is 15.2 Å². The Hall–Kier alpha value is -2.33. The maximum absolute atomic E-state index is 13.0. The smallest absolute Gasteiger partial charge is 0.198 e. The molecule has 0 N–H and O–H groups in total. The van der Waals surface area contributed by atoms with E-state index in [9.17, 15) is 4.79 Å². The van der Waals surface area contributed by atoms with Gasteiger partial charge < -0.3 is 9.47 Å². The number of hydrogen-bond acceptors (Lipinski definition) is 3. The van der Waals surface area contributed by atoms with Crippen LogP contribution >= 0.6 is 15.9 Å². The SMILES string of the molecule is COc1cc(C(=O)c2ccccc2Br)c(OC)c2ccccc12. The molecule has 0 atom stereocenters. The van der Waals surface area contributed by atoms with Crippen molar-refractivity contribution in [2.45, 2.75) is 0 Å². The number of hydrogen-bond donors (Lipinski definition) is 0. The maximum atomic E-state index is 13.0. The summed E-state index contributed by atoms with van der Waals surface area (Å²) in [6, 6.07) is 16.8. The largest absolute Gasteiger partial charge is 0.496 e. The second kappa shape index (κ2) is 6.42. The first-order valence-corrected chi connectivity index (χ1v) is 7.89.